The van der Waals surface area contributed by atoms with Crippen molar-refractivity contribution in [2.24, 2.45) is 0 Å². The molecule has 0 saturated carbocycles. The summed E-state index contributed by atoms with van der Waals surface area (Å²) in [5, 5.41) is 3.04. The van der Waals surface area contributed by atoms with Crippen LogP contribution in [0.25, 0.3) is 0 Å². The molecule has 0 unspecified atom stereocenters. The Kier molecular flexibility index (Phi) is 8.10. The van der Waals surface area contributed by atoms with Gasteiger partial charge in [-0.25, -0.2) is 0 Å². The number of hydrogen-bond donors (Lipinski definition) is 1. The van der Waals surface area contributed by atoms with Gasteiger partial charge >= 0.3 is 5.97 Å². The fraction of sp³-hybridized carbons (Fsp3) is 0.900. The van der Waals surface area contributed by atoms with Crippen LogP contribution in [0.5, 0.6) is 0 Å². The highest BCUT2D eigenvalue weighted by molar-refractivity contribution is 5.71. The minimum atomic E-state index is -0.535. The molecule has 0 heterocycles. The van der Waals surface area contributed by atoms with E-state index in [1.165, 1.54) is 7.11 Å². The average Bonchev–Trinajstić information content (AvgIpc) is 2.27. The monoisotopic (exact) mass is 235 g/mol. The zero-order chi connectivity index (χ0) is 12.4. The third kappa shape index (κ3) is 5.41. The summed E-state index contributed by atoms with van der Waals surface area (Å²) < 4.78 is 19.9. The molecule has 1 N–H and O–H groups in total. The van der Waals surface area contributed by atoms with E-state index in [2.05, 4.69) is 10.1 Å². The average molecular weight is 235 g/mol. The molecular formula is C10H21NO5. The molecule has 0 bridgehead atoms. The van der Waals surface area contributed by atoms with E-state index in [-0.39, 0.29) is 12.5 Å². The number of hydrogen-bond acceptors (Lipinski definition) is 6. The fourth-order valence-corrected chi connectivity index (χ4v) is 1.44. The number of esters is 1. The van der Waals surface area contributed by atoms with Crippen LogP contribution in [-0.2, 0) is 23.7 Å². The standard InChI is InChI=1S/C10H21NO5/c1-13-6-10(7-14-2,8-15-3)11-5-9(12)16-4/h11H,5-8H2,1-4H3. The summed E-state index contributed by atoms with van der Waals surface area (Å²) in [6.45, 7) is 1.23. The van der Waals surface area contributed by atoms with Gasteiger partial charge in [-0.3, -0.25) is 10.1 Å². The molecule has 0 rings (SSSR count). The van der Waals surface area contributed by atoms with E-state index >= 15 is 0 Å². The van der Waals surface area contributed by atoms with Gasteiger partial charge in [0.15, 0.2) is 0 Å². The van der Waals surface area contributed by atoms with Crippen molar-refractivity contribution in [3.63, 3.8) is 0 Å². The Balaban J connectivity index is 4.39. The first-order valence-electron chi connectivity index (χ1n) is 4.93. The summed E-state index contributed by atoms with van der Waals surface area (Å²) in [4.78, 5) is 11.1. The van der Waals surface area contributed by atoms with Gasteiger partial charge in [0, 0.05) is 21.3 Å². The highest BCUT2D eigenvalue weighted by Crippen LogP contribution is 2.07. The van der Waals surface area contributed by atoms with Gasteiger partial charge in [0.1, 0.15) is 0 Å². The van der Waals surface area contributed by atoms with E-state index in [1.807, 2.05) is 0 Å². The SMILES string of the molecule is COCC(COC)(COC)NCC(=O)OC. The van der Waals surface area contributed by atoms with Gasteiger partial charge in [0.2, 0.25) is 0 Å². The van der Waals surface area contributed by atoms with E-state index in [1.54, 1.807) is 21.3 Å². The van der Waals surface area contributed by atoms with Crippen LogP contribution in [0.15, 0.2) is 0 Å². The van der Waals surface area contributed by atoms with Gasteiger partial charge in [-0.2, -0.15) is 0 Å². The van der Waals surface area contributed by atoms with Crippen molar-refractivity contribution in [1.29, 1.82) is 0 Å². The number of ether oxygens (including phenoxy) is 4. The number of methoxy groups -OCH3 is 4. The molecule has 0 saturated heterocycles. The number of nitrogens with one attached hydrogen (secondary N) is 1. The Morgan fingerprint density at radius 3 is 1.75 bits per heavy atom. The summed E-state index contributed by atoms with van der Waals surface area (Å²) in [7, 11) is 6.09. The second-order valence-corrected chi connectivity index (χ2v) is 3.51. The molecule has 0 aliphatic rings. The van der Waals surface area contributed by atoms with Crippen LogP contribution in [0.3, 0.4) is 0 Å². The molecule has 0 aliphatic heterocycles. The van der Waals surface area contributed by atoms with E-state index in [0.29, 0.717) is 19.8 Å². The molecule has 0 aromatic carbocycles. The largest absolute Gasteiger partial charge is 0.468 e. The van der Waals surface area contributed by atoms with Crippen LogP contribution >= 0.6 is 0 Å². The van der Waals surface area contributed by atoms with Crippen molar-refractivity contribution in [2.75, 3.05) is 54.8 Å². The first-order valence-corrected chi connectivity index (χ1v) is 4.93. The molecule has 0 atom stereocenters. The van der Waals surface area contributed by atoms with Crippen molar-refractivity contribution in [3.8, 4) is 0 Å². The smallest absolute Gasteiger partial charge is 0.319 e. The van der Waals surface area contributed by atoms with Crippen molar-refractivity contribution in [1.82, 2.24) is 5.32 Å². The molecule has 0 aromatic heterocycles. The van der Waals surface area contributed by atoms with Crippen LogP contribution in [0.4, 0.5) is 0 Å². The maximum Gasteiger partial charge on any atom is 0.319 e. The zero-order valence-corrected chi connectivity index (χ0v) is 10.4. The Bertz CT molecular complexity index is 181. The predicted molar refractivity (Wildman–Crippen MR) is 58.4 cm³/mol. The first kappa shape index (κ1) is 15.3. The Hall–Kier alpha value is -0.690. The maximum atomic E-state index is 11.1. The Labute approximate surface area is 96.2 Å². The number of carbonyl (C=O) groups is 1. The zero-order valence-electron chi connectivity index (χ0n) is 10.4. The quantitative estimate of drug-likeness (QED) is 0.540. The maximum absolute atomic E-state index is 11.1. The molecule has 0 radical (unpaired) electrons. The summed E-state index contributed by atoms with van der Waals surface area (Å²) in [5.41, 5.74) is -0.535. The van der Waals surface area contributed by atoms with Crippen molar-refractivity contribution in [2.45, 2.75) is 5.54 Å². The Morgan fingerprint density at radius 2 is 1.44 bits per heavy atom. The lowest BCUT2D eigenvalue weighted by Gasteiger charge is -2.32. The normalized spacial score (nSPS) is 11.5. The number of carbonyl (C=O) groups excluding carboxylic acids is 1. The summed E-state index contributed by atoms with van der Waals surface area (Å²) in [6.07, 6.45) is 0. The van der Waals surface area contributed by atoms with Crippen LogP contribution in [0, 0.1) is 0 Å². The van der Waals surface area contributed by atoms with Gasteiger partial charge in [-0.05, 0) is 0 Å². The lowest BCUT2D eigenvalue weighted by atomic mass is 10.0. The Morgan fingerprint density at radius 1 is 1.00 bits per heavy atom. The molecule has 0 spiro atoms. The van der Waals surface area contributed by atoms with E-state index in [0.717, 1.165) is 0 Å². The van der Waals surface area contributed by atoms with Gasteiger partial charge in [-0.1, -0.05) is 0 Å². The molecule has 16 heavy (non-hydrogen) atoms. The highest BCUT2D eigenvalue weighted by Gasteiger charge is 2.30. The lowest BCUT2D eigenvalue weighted by Crippen LogP contribution is -2.57. The third-order valence-corrected chi connectivity index (χ3v) is 2.10. The van der Waals surface area contributed by atoms with Crippen molar-refractivity contribution < 1.29 is 23.7 Å². The van der Waals surface area contributed by atoms with Crippen LogP contribution in [-0.4, -0.2) is 66.3 Å². The summed E-state index contributed by atoms with van der Waals surface area (Å²) in [5.74, 6) is -0.340. The first-order chi connectivity index (χ1) is 7.64. The third-order valence-electron chi connectivity index (χ3n) is 2.10. The van der Waals surface area contributed by atoms with E-state index in [4.69, 9.17) is 14.2 Å². The van der Waals surface area contributed by atoms with Gasteiger partial charge in [0.05, 0.1) is 39.0 Å². The predicted octanol–water partition coefficient (Wildman–Crippen LogP) is -0.573. The van der Waals surface area contributed by atoms with Gasteiger partial charge in [-0.15, -0.1) is 0 Å². The molecule has 0 fully saturated rings. The summed E-state index contributed by atoms with van der Waals surface area (Å²) in [6, 6.07) is 0. The van der Waals surface area contributed by atoms with Gasteiger partial charge in [0.25, 0.3) is 0 Å². The van der Waals surface area contributed by atoms with E-state index in [9.17, 15) is 4.79 Å². The molecule has 6 heteroatoms. The van der Waals surface area contributed by atoms with Crippen molar-refractivity contribution in [3.05, 3.63) is 0 Å². The molecule has 0 aliphatic carbocycles. The molecule has 96 valence electrons. The fourth-order valence-electron chi connectivity index (χ4n) is 1.44. The van der Waals surface area contributed by atoms with Crippen LogP contribution < -0.4 is 5.32 Å². The second kappa shape index (κ2) is 8.46. The van der Waals surface area contributed by atoms with Gasteiger partial charge < -0.3 is 18.9 Å². The second-order valence-electron chi connectivity index (χ2n) is 3.51. The van der Waals surface area contributed by atoms with E-state index < -0.39 is 5.54 Å². The summed E-state index contributed by atoms with van der Waals surface area (Å²) >= 11 is 0. The van der Waals surface area contributed by atoms with Crippen LogP contribution in [0.1, 0.15) is 0 Å². The minimum absolute atomic E-state index is 0.0899. The molecule has 0 amide bonds. The minimum Gasteiger partial charge on any atom is -0.468 e. The molecule has 0 aromatic rings. The lowest BCUT2D eigenvalue weighted by molar-refractivity contribution is -0.140. The molecular weight excluding hydrogens is 214 g/mol. The van der Waals surface area contributed by atoms with Crippen molar-refractivity contribution >= 4 is 5.97 Å². The number of rotatable bonds is 9. The molecule has 6 nitrogen and oxygen atoms in total. The highest BCUT2D eigenvalue weighted by atomic mass is 16.5. The topological polar surface area (TPSA) is 66.0 Å². The van der Waals surface area contributed by atoms with Crippen LogP contribution in [0.2, 0.25) is 0 Å².